The van der Waals surface area contributed by atoms with Crippen LogP contribution in [-0.2, 0) is 6.42 Å². The molecule has 124 valence electrons. The van der Waals surface area contributed by atoms with Gasteiger partial charge in [-0.2, -0.15) is 5.10 Å². The van der Waals surface area contributed by atoms with E-state index in [4.69, 9.17) is 14.2 Å². The van der Waals surface area contributed by atoms with Crippen LogP contribution < -0.4 is 14.2 Å². The maximum atomic E-state index is 5.50. The van der Waals surface area contributed by atoms with E-state index >= 15 is 0 Å². The van der Waals surface area contributed by atoms with Crippen LogP contribution in [0.3, 0.4) is 0 Å². The molecule has 0 N–H and O–H groups in total. The van der Waals surface area contributed by atoms with E-state index in [2.05, 4.69) is 10.2 Å². The Labute approximate surface area is 141 Å². The first-order chi connectivity index (χ1) is 11.7. The summed E-state index contributed by atoms with van der Waals surface area (Å²) in [5.41, 5.74) is 4.66. The van der Waals surface area contributed by atoms with Crippen LogP contribution in [0.15, 0.2) is 46.6 Å². The molecule has 0 bridgehead atoms. The highest BCUT2D eigenvalue weighted by atomic mass is 16.5. The van der Waals surface area contributed by atoms with E-state index in [0.29, 0.717) is 17.9 Å². The SMILES string of the molecule is COc1cc2c(cc1OC)C(c1ccccc1OC)=NN=C(C)C2. The zero-order valence-corrected chi connectivity index (χ0v) is 14.3. The summed E-state index contributed by atoms with van der Waals surface area (Å²) in [6.45, 7) is 1.97. The molecule has 0 amide bonds. The molecule has 1 aliphatic heterocycles. The lowest BCUT2D eigenvalue weighted by Crippen LogP contribution is -2.09. The normalized spacial score (nSPS) is 13.3. The molecular weight excluding hydrogens is 304 g/mol. The van der Waals surface area contributed by atoms with Crippen molar-refractivity contribution in [2.24, 2.45) is 10.2 Å². The summed E-state index contributed by atoms with van der Waals surface area (Å²) >= 11 is 0. The molecule has 2 aromatic rings. The van der Waals surface area contributed by atoms with Crippen LogP contribution in [0.25, 0.3) is 0 Å². The van der Waals surface area contributed by atoms with Crippen LogP contribution in [-0.4, -0.2) is 32.8 Å². The smallest absolute Gasteiger partial charge is 0.161 e. The van der Waals surface area contributed by atoms with Crippen molar-refractivity contribution >= 4 is 11.4 Å². The van der Waals surface area contributed by atoms with E-state index in [1.165, 1.54) is 0 Å². The van der Waals surface area contributed by atoms with E-state index in [1.54, 1.807) is 21.3 Å². The van der Waals surface area contributed by atoms with Gasteiger partial charge < -0.3 is 14.2 Å². The van der Waals surface area contributed by atoms with Crippen LogP contribution in [0.2, 0.25) is 0 Å². The average molecular weight is 324 g/mol. The van der Waals surface area contributed by atoms with Crippen molar-refractivity contribution in [3.8, 4) is 17.2 Å². The largest absolute Gasteiger partial charge is 0.496 e. The highest BCUT2D eigenvalue weighted by Gasteiger charge is 2.21. The Balaban J connectivity index is 2.25. The molecule has 0 saturated heterocycles. The number of ether oxygens (including phenoxy) is 3. The predicted octanol–water partition coefficient (Wildman–Crippen LogP) is 3.48. The molecule has 24 heavy (non-hydrogen) atoms. The van der Waals surface area contributed by atoms with Gasteiger partial charge in [-0.15, -0.1) is 5.10 Å². The van der Waals surface area contributed by atoms with Crippen LogP contribution in [0, 0.1) is 0 Å². The Kier molecular flexibility index (Phi) is 4.51. The second-order valence-electron chi connectivity index (χ2n) is 5.53. The monoisotopic (exact) mass is 324 g/mol. The predicted molar refractivity (Wildman–Crippen MR) is 95.0 cm³/mol. The molecule has 0 aromatic heterocycles. The van der Waals surface area contributed by atoms with E-state index < -0.39 is 0 Å². The first-order valence-electron chi connectivity index (χ1n) is 7.67. The van der Waals surface area contributed by atoms with Crippen LogP contribution in [0.5, 0.6) is 17.2 Å². The van der Waals surface area contributed by atoms with Crippen LogP contribution in [0.1, 0.15) is 23.6 Å². The zero-order valence-electron chi connectivity index (χ0n) is 14.3. The van der Waals surface area contributed by atoms with Crippen molar-refractivity contribution in [1.82, 2.24) is 0 Å². The van der Waals surface area contributed by atoms with Crippen molar-refractivity contribution in [3.63, 3.8) is 0 Å². The van der Waals surface area contributed by atoms with Gasteiger partial charge in [0.05, 0.1) is 21.3 Å². The highest BCUT2D eigenvalue weighted by Crippen LogP contribution is 2.34. The van der Waals surface area contributed by atoms with Crippen molar-refractivity contribution in [2.45, 2.75) is 13.3 Å². The first kappa shape index (κ1) is 16.1. The van der Waals surface area contributed by atoms with Gasteiger partial charge in [-0.1, -0.05) is 12.1 Å². The Bertz CT molecular complexity index is 825. The molecule has 0 saturated carbocycles. The van der Waals surface area contributed by atoms with Gasteiger partial charge in [0, 0.05) is 23.3 Å². The minimum Gasteiger partial charge on any atom is -0.496 e. The number of para-hydroxylation sites is 1. The van der Waals surface area contributed by atoms with Gasteiger partial charge in [-0.05, 0) is 36.8 Å². The molecule has 1 aliphatic rings. The van der Waals surface area contributed by atoms with Gasteiger partial charge in [0.1, 0.15) is 11.5 Å². The first-order valence-corrected chi connectivity index (χ1v) is 7.67. The number of benzene rings is 2. The summed E-state index contributed by atoms with van der Waals surface area (Å²) in [7, 11) is 4.92. The lowest BCUT2D eigenvalue weighted by atomic mass is 9.94. The fraction of sp³-hybridized carbons (Fsp3) is 0.263. The Morgan fingerprint density at radius 2 is 1.46 bits per heavy atom. The summed E-state index contributed by atoms with van der Waals surface area (Å²) in [4.78, 5) is 0. The molecule has 2 aromatic carbocycles. The van der Waals surface area contributed by atoms with E-state index in [1.807, 2.05) is 43.3 Å². The molecule has 0 spiro atoms. The molecule has 0 radical (unpaired) electrons. The zero-order chi connectivity index (χ0) is 17.1. The third-order valence-corrected chi connectivity index (χ3v) is 3.99. The maximum absolute atomic E-state index is 5.50. The van der Waals surface area contributed by atoms with Crippen molar-refractivity contribution < 1.29 is 14.2 Å². The standard InChI is InChI=1S/C19H20N2O3/c1-12-9-13-10-17(23-3)18(24-4)11-15(13)19(21-20-12)14-7-5-6-8-16(14)22-2/h5-8,10-11H,9H2,1-4H3. The van der Waals surface area contributed by atoms with Gasteiger partial charge in [-0.25, -0.2) is 0 Å². The van der Waals surface area contributed by atoms with Crippen LogP contribution in [0.4, 0.5) is 0 Å². The number of rotatable bonds is 4. The van der Waals surface area contributed by atoms with Crippen molar-refractivity contribution in [3.05, 3.63) is 53.1 Å². The molecule has 0 unspecified atom stereocenters. The van der Waals surface area contributed by atoms with Gasteiger partial charge in [0.15, 0.2) is 11.5 Å². The number of hydrogen-bond donors (Lipinski definition) is 0. The summed E-state index contributed by atoms with van der Waals surface area (Å²) < 4.78 is 16.4. The van der Waals surface area contributed by atoms with Gasteiger partial charge in [-0.3, -0.25) is 0 Å². The Morgan fingerprint density at radius 1 is 0.792 bits per heavy atom. The highest BCUT2D eigenvalue weighted by molar-refractivity contribution is 6.16. The second-order valence-corrected chi connectivity index (χ2v) is 5.53. The summed E-state index contributed by atoms with van der Waals surface area (Å²) in [6, 6.07) is 11.7. The molecule has 1 heterocycles. The minimum absolute atomic E-state index is 0.665. The topological polar surface area (TPSA) is 52.4 Å². The molecule has 0 atom stereocenters. The van der Waals surface area contributed by atoms with Crippen molar-refractivity contribution in [1.29, 1.82) is 0 Å². The quantitative estimate of drug-likeness (QED) is 0.865. The summed E-state index contributed by atoms with van der Waals surface area (Å²) in [5.74, 6) is 2.12. The second kappa shape index (κ2) is 6.74. The number of fused-ring (bicyclic) bond motifs is 1. The van der Waals surface area contributed by atoms with Crippen LogP contribution >= 0.6 is 0 Å². The number of nitrogens with zero attached hydrogens (tertiary/aromatic N) is 2. The Morgan fingerprint density at radius 3 is 2.17 bits per heavy atom. The number of methoxy groups -OCH3 is 3. The number of hydrogen-bond acceptors (Lipinski definition) is 5. The van der Waals surface area contributed by atoms with Gasteiger partial charge >= 0.3 is 0 Å². The fourth-order valence-electron chi connectivity index (χ4n) is 2.83. The lowest BCUT2D eigenvalue weighted by Gasteiger charge is -2.16. The molecule has 5 heteroatoms. The molecule has 0 fully saturated rings. The maximum Gasteiger partial charge on any atom is 0.161 e. The van der Waals surface area contributed by atoms with E-state index in [9.17, 15) is 0 Å². The molecule has 5 nitrogen and oxygen atoms in total. The minimum atomic E-state index is 0.665. The van der Waals surface area contributed by atoms with E-state index in [0.717, 1.165) is 33.9 Å². The third kappa shape index (κ3) is 2.85. The van der Waals surface area contributed by atoms with E-state index in [-0.39, 0.29) is 0 Å². The third-order valence-electron chi connectivity index (χ3n) is 3.99. The Hall–Kier alpha value is -2.82. The lowest BCUT2D eigenvalue weighted by molar-refractivity contribution is 0.354. The summed E-state index contributed by atoms with van der Waals surface area (Å²) in [6.07, 6.45) is 0.706. The fourth-order valence-corrected chi connectivity index (χ4v) is 2.83. The summed E-state index contributed by atoms with van der Waals surface area (Å²) in [5, 5.41) is 8.83. The molecular formula is C19H20N2O3. The average Bonchev–Trinajstić information content (AvgIpc) is 2.78. The van der Waals surface area contributed by atoms with Gasteiger partial charge in [0.2, 0.25) is 0 Å². The van der Waals surface area contributed by atoms with Gasteiger partial charge in [0.25, 0.3) is 0 Å². The van der Waals surface area contributed by atoms with Crippen molar-refractivity contribution in [2.75, 3.05) is 21.3 Å². The molecule has 3 rings (SSSR count). The molecule has 0 aliphatic carbocycles.